The van der Waals surface area contributed by atoms with Gasteiger partial charge in [-0.05, 0) is 30.7 Å². The number of pyridine rings is 1. The lowest BCUT2D eigenvalue weighted by molar-refractivity contribution is 0.144. The summed E-state index contributed by atoms with van der Waals surface area (Å²) in [6.07, 6.45) is 7.31. The molecule has 0 bridgehead atoms. The minimum atomic E-state index is 0.538. The number of nitrogens with zero attached hydrogens (tertiary/aromatic N) is 1. The highest BCUT2D eigenvalue weighted by Gasteiger charge is 2.18. The van der Waals surface area contributed by atoms with Gasteiger partial charge in [0, 0.05) is 19.7 Å². The van der Waals surface area contributed by atoms with Gasteiger partial charge in [0.15, 0.2) is 0 Å². The van der Waals surface area contributed by atoms with Crippen molar-refractivity contribution in [1.82, 2.24) is 4.98 Å². The summed E-state index contributed by atoms with van der Waals surface area (Å²) < 4.78 is 10.4. The third kappa shape index (κ3) is 5.00. The third-order valence-corrected chi connectivity index (χ3v) is 3.91. The molecule has 112 valence electrons. The zero-order valence-electron chi connectivity index (χ0n) is 12.6. The lowest BCUT2D eigenvalue weighted by Gasteiger charge is -2.27. The average molecular weight is 278 g/mol. The Morgan fingerprint density at radius 1 is 1.30 bits per heavy atom. The van der Waals surface area contributed by atoms with Crippen LogP contribution in [0, 0.1) is 11.8 Å². The van der Waals surface area contributed by atoms with Gasteiger partial charge in [0.2, 0.25) is 5.88 Å². The van der Waals surface area contributed by atoms with Crippen LogP contribution in [-0.4, -0.2) is 31.9 Å². The summed E-state index contributed by atoms with van der Waals surface area (Å²) in [5, 5.41) is 3.49. The summed E-state index contributed by atoms with van der Waals surface area (Å²) in [5.41, 5.74) is 1.07. The number of anilines is 1. The molecule has 1 aromatic rings. The Hall–Kier alpha value is -1.29. The van der Waals surface area contributed by atoms with E-state index >= 15 is 0 Å². The Balaban J connectivity index is 1.73. The van der Waals surface area contributed by atoms with E-state index in [1.54, 1.807) is 7.11 Å². The molecular weight excluding hydrogens is 252 g/mol. The molecule has 0 radical (unpaired) electrons. The summed E-state index contributed by atoms with van der Waals surface area (Å²) in [7, 11) is 1.66. The second-order valence-electron chi connectivity index (χ2n) is 5.75. The second-order valence-corrected chi connectivity index (χ2v) is 5.75. The van der Waals surface area contributed by atoms with Crippen LogP contribution < -0.4 is 10.1 Å². The lowest BCUT2D eigenvalue weighted by Crippen LogP contribution is -2.21. The van der Waals surface area contributed by atoms with Crippen molar-refractivity contribution in [1.29, 1.82) is 0 Å². The molecule has 20 heavy (non-hydrogen) atoms. The maximum Gasteiger partial charge on any atom is 0.213 e. The van der Waals surface area contributed by atoms with Crippen LogP contribution in [-0.2, 0) is 4.74 Å². The van der Waals surface area contributed by atoms with Crippen LogP contribution in [0.2, 0.25) is 0 Å². The fourth-order valence-corrected chi connectivity index (χ4v) is 2.81. The van der Waals surface area contributed by atoms with Gasteiger partial charge in [-0.3, -0.25) is 0 Å². The molecular formula is C16H26N2O2. The fraction of sp³-hybridized carbons (Fsp3) is 0.688. The second kappa shape index (κ2) is 8.10. The van der Waals surface area contributed by atoms with Crippen molar-refractivity contribution in [2.24, 2.45) is 11.8 Å². The summed E-state index contributed by atoms with van der Waals surface area (Å²) in [5.74, 6) is 2.33. The zero-order valence-corrected chi connectivity index (χ0v) is 12.6. The zero-order chi connectivity index (χ0) is 14.2. The van der Waals surface area contributed by atoms with E-state index in [0.717, 1.165) is 24.1 Å². The molecule has 0 aliphatic heterocycles. The van der Waals surface area contributed by atoms with Crippen LogP contribution in [0.25, 0.3) is 0 Å². The van der Waals surface area contributed by atoms with Crippen molar-refractivity contribution < 1.29 is 9.47 Å². The average Bonchev–Trinajstić information content (AvgIpc) is 2.47. The van der Waals surface area contributed by atoms with Gasteiger partial charge in [0.25, 0.3) is 0 Å². The molecule has 2 unspecified atom stereocenters. The molecule has 1 aliphatic carbocycles. The standard InChI is InChI=1S/C16H26N2O2/c1-13-4-3-5-14(10-13)11-17-15-6-7-16(18-12-15)20-9-8-19-2/h6-7,12-14,17H,3-5,8-11H2,1-2H3. The first kappa shape index (κ1) is 15.1. The Kier molecular flexibility index (Phi) is 6.12. The molecule has 0 spiro atoms. The van der Waals surface area contributed by atoms with Crippen molar-refractivity contribution >= 4 is 5.69 Å². The molecule has 1 fully saturated rings. The van der Waals surface area contributed by atoms with E-state index in [9.17, 15) is 0 Å². The van der Waals surface area contributed by atoms with Gasteiger partial charge < -0.3 is 14.8 Å². The maximum atomic E-state index is 5.45. The number of methoxy groups -OCH3 is 1. The van der Waals surface area contributed by atoms with Crippen LogP contribution in [0.15, 0.2) is 18.3 Å². The van der Waals surface area contributed by atoms with Crippen LogP contribution >= 0.6 is 0 Å². The first-order valence-electron chi connectivity index (χ1n) is 7.59. The summed E-state index contributed by atoms with van der Waals surface area (Å²) in [6, 6.07) is 3.93. The van der Waals surface area contributed by atoms with Gasteiger partial charge in [-0.1, -0.05) is 19.8 Å². The van der Waals surface area contributed by atoms with Gasteiger partial charge in [-0.15, -0.1) is 0 Å². The Morgan fingerprint density at radius 3 is 2.90 bits per heavy atom. The minimum Gasteiger partial charge on any atom is -0.475 e. The molecule has 0 aromatic carbocycles. The minimum absolute atomic E-state index is 0.538. The maximum absolute atomic E-state index is 5.45. The highest BCUT2D eigenvalue weighted by Crippen LogP contribution is 2.28. The largest absolute Gasteiger partial charge is 0.475 e. The van der Waals surface area contributed by atoms with Gasteiger partial charge >= 0.3 is 0 Å². The topological polar surface area (TPSA) is 43.4 Å². The normalized spacial score (nSPS) is 22.5. The summed E-state index contributed by atoms with van der Waals surface area (Å²) in [4.78, 5) is 4.29. The van der Waals surface area contributed by atoms with Crippen molar-refractivity contribution in [3.8, 4) is 5.88 Å². The fourth-order valence-electron chi connectivity index (χ4n) is 2.81. The Labute approximate surface area is 121 Å². The van der Waals surface area contributed by atoms with Gasteiger partial charge in [0.1, 0.15) is 6.61 Å². The molecule has 0 amide bonds. The first-order chi connectivity index (χ1) is 9.78. The van der Waals surface area contributed by atoms with Crippen LogP contribution in [0.1, 0.15) is 32.6 Å². The number of ether oxygens (including phenoxy) is 2. The van der Waals surface area contributed by atoms with Gasteiger partial charge in [0.05, 0.1) is 18.5 Å². The first-order valence-corrected chi connectivity index (χ1v) is 7.59. The van der Waals surface area contributed by atoms with Crippen molar-refractivity contribution in [2.45, 2.75) is 32.6 Å². The SMILES string of the molecule is COCCOc1ccc(NCC2CCCC(C)C2)cn1. The van der Waals surface area contributed by atoms with Crippen LogP contribution in [0.4, 0.5) is 5.69 Å². The Bertz CT molecular complexity index is 381. The van der Waals surface area contributed by atoms with E-state index in [1.165, 1.54) is 25.7 Å². The van der Waals surface area contributed by atoms with E-state index in [2.05, 4.69) is 17.2 Å². The van der Waals surface area contributed by atoms with Crippen LogP contribution in [0.5, 0.6) is 5.88 Å². The molecule has 1 aromatic heterocycles. The summed E-state index contributed by atoms with van der Waals surface area (Å²) in [6.45, 7) is 4.54. The smallest absolute Gasteiger partial charge is 0.213 e. The molecule has 2 atom stereocenters. The molecule has 1 N–H and O–H groups in total. The van der Waals surface area contributed by atoms with Gasteiger partial charge in [-0.2, -0.15) is 0 Å². The number of hydrogen-bond acceptors (Lipinski definition) is 4. The molecule has 4 heteroatoms. The molecule has 1 aliphatic rings. The van der Waals surface area contributed by atoms with Gasteiger partial charge in [-0.25, -0.2) is 4.98 Å². The molecule has 1 saturated carbocycles. The molecule has 1 heterocycles. The van der Waals surface area contributed by atoms with Crippen molar-refractivity contribution in [2.75, 3.05) is 32.2 Å². The molecule has 0 saturated heterocycles. The van der Waals surface area contributed by atoms with E-state index in [1.807, 2.05) is 18.3 Å². The van der Waals surface area contributed by atoms with Crippen LogP contribution in [0.3, 0.4) is 0 Å². The summed E-state index contributed by atoms with van der Waals surface area (Å²) >= 11 is 0. The quantitative estimate of drug-likeness (QED) is 0.777. The van der Waals surface area contributed by atoms with E-state index in [0.29, 0.717) is 19.1 Å². The molecule has 4 nitrogen and oxygen atoms in total. The Morgan fingerprint density at radius 2 is 2.20 bits per heavy atom. The predicted molar refractivity (Wildman–Crippen MR) is 81.2 cm³/mol. The third-order valence-electron chi connectivity index (χ3n) is 3.91. The number of aromatic nitrogens is 1. The van der Waals surface area contributed by atoms with E-state index in [-0.39, 0.29) is 0 Å². The molecule has 2 rings (SSSR count). The highest BCUT2D eigenvalue weighted by molar-refractivity contribution is 5.42. The van der Waals surface area contributed by atoms with Crippen molar-refractivity contribution in [3.63, 3.8) is 0 Å². The highest BCUT2D eigenvalue weighted by atomic mass is 16.5. The van der Waals surface area contributed by atoms with E-state index < -0.39 is 0 Å². The number of hydrogen-bond donors (Lipinski definition) is 1. The predicted octanol–water partition coefficient (Wildman–Crippen LogP) is 3.35. The number of rotatable bonds is 7. The van der Waals surface area contributed by atoms with E-state index in [4.69, 9.17) is 9.47 Å². The number of nitrogens with one attached hydrogen (secondary N) is 1. The lowest BCUT2D eigenvalue weighted by atomic mass is 9.82. The van der Waals surface area contributed by atoms with Crippen molar-refractivity contribution in [3.05, 3.63) is 18.3 Å². The monoisotopic (exact) mass is 278 g/mol.